The monoisotopic (exact) mass is 886 g/mol. The summed E-state index contributed by atoms with van der Waals surface area (Å²) in [5, 5.41) is 0. The van der Waals surface area contributed by atoms with Crippen LogP contribution in [0, 0.1) is 0 Å². The summed E-state index contributed by atoms with van der Waals surface area (Å²) in [4.78, 5) is 81.8. The molecule has 3 fully saturated rings. The molecule has 3 aliphatic heterocycles. The van der Waals surface area contributed by atoms with Gasteiger partial charge in [0.05, 0.1) is 41.0 Å². The van der Waals surface area contributed by atoms with E-state index < -0.39 is 110 Å². The first-order valence-electron chi connectivity index (χ1n) is 20.6. The van der Waals surface area contributed by atoms with Crippen molar-refractivity contribution in [3.05, 3.63) is 179 Å². The first-order chi connectivity index (χ1) is 31.6. The van der Waals surface area contributed by atoms with Crippen LogP contribution in [0.3, 0.4) is 0 Å². The second-order valence-electron chi connectivity index (χ2n) is 15.0. The summed E-state index contributed by atoms with van der Waals surface area (Å²) < 4.78 is 61.6. The molecule has 3 aliphatic rings. The molecule has 0 N–H and O–H groups in total. The smallest absolute Gasteiger partial charge is 0.338 e. The van der Waals surface area contributed by atoms with E-state index in [1.165, 1.54) is 60.7 Å². The Kier molecular flexibility index (Phi) is 14.0. The third kappa shape index (κ3) is 10.6. The van der Waals surface area contributed by atoms with Crippen LogP contribution in [0.25, 0.3) is 0 Å². The Morgan fingerprint density at radius 1 is 0.369 bits per heavy atom. The van der Waals surface area contributed by atoms with E-state index in [1.807, 2.05) is 0 Å². The molecule has 334 valence electrons. The number of rotatable bonds is 11. The maximum absolute atomic E-state index is 13.9. The molecule has 5 aromatic rings. The van der Waals surface area contributed by atoms with Gasteiger partial charge in [-0.3, -0.25) is 4.79 Å². The highest BCUT2D eigenvalue weighted by molar-refractivity contribution is 5.92. The van der Waals surface area contributed by atoms with Crippen molar-refractivity contribution < 1.29 is 76.1 Å². The van der Waals surface area contributed by atoms with E-state index >= 15 is 0 Å². The summed E-state index contributed by atoms with van der Waals surface area (Å²) in [6.07, 6.45) is -15.3. The van der Waals surface area contributed by atoms with Gasteiger partial charge in [-0.1, -0.05) is 91.0 Å². The molecule has 0 aromatic heterocycles. The minimum Gasteiger partial charge on any atom is -0.453 e. The van der Waals surface area contributed by atoms with Gasteiger partial charge < -0.3 is 47.4 Å². The molecular weight excluding hydrogens is 845 g/mol. The van der Waals surface area contributed by atoms with E-state index in [0.29, 0.717) is 0 Å². The molecule has 3 saturated heterocycles. The van der Waals surface area contributed by atoms with Crippen LogP contribution in [0.4, 0.5) is 0 Å². The molecule has 10 atom stereocenters. The zero-order chi connectivity index (χ0) is 45.3. The van der Waals surface area contributed by atoms with Crippen molar-refractivity contribution in [2.75, 3.05) is 13.2 Å². The summed E-state index contributed by atoms with van der Waals surface area (Å²) in [7, 11) is 0. The van der Waals surface area contributed by atoms with Crippen molar-refractivity contribution >= 4 is 35.8 Å². The van der Waals surface area contributed by atoms with Gasteiger partial charge in [-0.15, -0.1) is 0 Å². The van der Waals surface area contributed by atoms with Crippen molar-refractivity contribution in [3.63, 3.8) is 0 Å². The maximum Gasteiger partial charge on any atom is 0.338 e. The molecule has 0 unspecified atom stereocenters. The highest BCUT2D eigenvalue weighted by Crippen LogP contribution is 2.37. The minimum atomic E-state index is -1.62. The lowest BCUT2D eigenvalue weighted by Gasteiger charge is -2.30. The fourth-order valence-electron chi connectivity index (χ4n) is 7.50. The Labute approximate surface area is 372 Å². The van der Waals surface area contributed by atoms with E-state index in [-0.39, 0.29) is 27.8 Å². The number of hydrogen-bond donors (Lipinski definition) is 0. The Hall–Kier alpha value is -7.24. The first-order valence-corrected chi connectivity index (χ1v) is 20.6. The van der Waals surface area contributed by atoms with Crippen molar-refractivity contribution in [3.8, 4) is 0 Å². The van der Waals surface area contributed by atoms with E-state index in [2.05, 4.69) is 0 Å². The zero-order valence-corrected chi connectivity index (χ0v) is 34.7. The van der Waals surface area contributed by atoms with Gasteiger partial charge in [0.2, 0.25) is 0 Å². The third-order valence-electron chi connectivity index (χ3n) is 10.6. The van der Waals surface area contributed by atoms with Crippen LogP contribution in [-0.2, 0) is 52.2 Å². The summed E-state index contributed by atoms with van der Waals surface area (Å²) in [5.74, 6) is -5.02. The maximum atomic E-state index is 13.9. The minimum absolute atomic E-state index is 0.134. The normalized spacial score (nSPS) is 25.9. The van der Waals surface area contributed by atoms with Gasteiger partial charge in [-0.2, -0.15) is 0 Å². The van der Waals surface area contributed by atoms with E-state index in [4.69, 9.17) is 47.4 Å². The lowest BCUT2D eigenvalue weighted by molar-refractivity contribution is -0.235. The number of fused-ring (bicyclic) bond motifs is 4. The lowest BCUT2D eigenvalue weighted by atomic mass is 10.0. The summed E-state index contributed by atoms with van der Waals surface area (Å²) in [5.41, 5.74) is 0.689. The average Bonchev–Trinajstić information content (AvgIpc) is 3.85. The number of ether oxygens (including phenoxy) is 10. The van der Waals surface area contributed by atoms with Crippen LogP contribution in [-0.4, -0.2) is 110 Å². The van der Waals surface area contributed by atoms with Crippen LogP contribution in [0.5, 0.6) is 0 Å². The largest absolute Gasteiger partial charge is 0.453 e. The van der Waals surface area contributed by atoms with Gasteiger partial charge in [-0.25, -0.2) is 24.0 Å². The van der Waals surface area contributed by atoms with Crippen LogP contribution >= 0.6 is 0 Å². The van der Waals surface area contributed by atoms with Crippen molar-refractivity contribution in [1.29, 1.82) is 0 Å². The van der Waals surface area contributed by atoms with Gasteiger partial charge >= 0.3 is 35.8 Å². The summed E-state index contributed by atoms with van der Waals surface area (Å²) >= 11 is 0. The number of carbonyl (C=O) groups excluding carboxylic acids is 6. The summed E-state index contributed by atoms with van der Waals surface area (Å²) in [6, 6.07) is 39.9. The Morgan fingerprint density at radius 3 is 0.923 bits per heavy atom. The lowest BCUT2D eigenvalue weighted by Crippen LogP contribution is -2.49. The van der Waals surface area contributed by atoms with Gasteiger partial charge in [0, 0.05) is 6.92 Å². The van der Waals surface area contributed by atoms with Crippen LogP contribution in [0.15, 0.2) is 152 Å². The predicted molar refractivity (Wildman–Crippen MR) is 223 cm³/mol. The van der Waals surface area contributed by atoms with E-state index in [0.717, 1.165) is 6.92 Å². The third-order valence-corrected chi connectivity index (χ3v) is 10.6. The second-order valence-corrected chi connectivity index (χ2v) is 15.0. The van der Waals surface area contributed by atoms with Crippen LogP contribution in [0.1, 0.15) is 58.7 Å². The van der Waals surface area contributed by atoms with Gasteiger partial charge in [0.25, 0.3) is 0 Å². The van der Waals surface area contributed by atoms with Crippen molar-refractivity contribution in [2.45, 2.75) is 68.3 Å². The van der Waals surface area contributed by atoms with Gasteiger partial charge in [0.15, 0.2) is 49.2 Å². The molecule has 16 heteroatoms. The quantitative estimate of drug-likeness (QED) is 0.118. The Morgan fingerprint density at radius 2 is 0.631 bits per heavy atom. The number of hydrogen-bond acceptors (Lipinski definition) is 16. The Bertz CT molecular complexity index is 2440. The number of benzene rings is 5. The fraction of sp³-hybridized carbons (Fsp3) is 0.265. The molecule has 0 spiro atoms. The SMILES string of the molecule is CC(=O)O[C@H]1[C@@H]2OC[C@@H](OC(=O)c3ccccc3)[C@@H]3O[C@@H](OC[C@@H](OC(=O)c4ccccc4)[C@H](O2)[C@@H]1OC(=O)c1ccccc1)[C@H](OC(=O)c1ccccc1)[C@H]3OC(=O)c1ccccc1. The molecule has 5 aromatic carbocycles. The standard InChI is InChI=1S/C49H42O16/c1-29(50)58-41-39(61-45(53)32-21-11-4-12-22-32)37-35(59-43(51)30-17-7-2-8-18-30)28-57-49-42(63-47(55)34-25-15-6-16-26-34)40(62-46(54)33-23-13-5-14-24-33)38(65-49)36(27-56-48(41)64-37)60-44(52)31-19-9-3-10-20-31/h2-26,35-42,48-49H,27-28H2,1H3/t35-,36-,37+,38+,39+,40+,41-,42-,48-,49-/m1/s1. The molecule has 0 radical (unpaired) electrons. The van der Waals surface area contributed by atoms with Crippen molar-refractivity contribution in [1.82, 2.24) is 0 Å². The molecule has 16 nitrogen and oxygen atoms in total. The van der Waals surface area contributed by atoms with E-state index in [1.54, 1.807) is 91.0 Å². The second kappa shape index (κ2) is 20.5. The van der Waals surface area contributed by atoms with Crippen LogP contribution in [0.2, 0.25) is 0 Å². The van der Waals surface area contributed by atoms with Crippen molar-refractivity contribution in [2.24, 2.45) is 0 Å². The predicted octanol–water partition coefficient (Wildman–Crippen LogP) is 5.54. The molecule has 4 bridgehead atoms. The highest BCUT2D eigenvalue weighted by Gasteiger charge is 2.59. The average molecular weight is 887 g/mol. The van der Waals surface area contributed by atoms with Gasteiger partial charge in [-0.05, 0) is 60.7 Å². The van der Waals surface area contributed by atoms with E-state index in [9.17, 15) is 28.8 Å². The van der Waals surface area contributed by atoms with Gasteiger partial charge in [0.1, 0.15) is 12.2 Å². The molecule has 3 heterocycles. The number of carbonyl (C=O) groups is 6. The first kappa shape index (κ1) is 44.4. The molecule has 0 saturated carbocycles. The number of esters is 6. The topological polar surface area (TPSA) is 195 Å². The molecular formula is C49H42O16. The molecule has 0 aliphatic carbocycles. The highest BCUT2D eigenvalue weighted by atomic mass is 16.8. The molecule has 65 heavy (non-hydrogen) atoms. The van der Waals surface area contributed by atoms with Crippen LogP contribution < -0.4 is 0 Å². The summed E-state index contributed by atoms with van der Waals surface area (Å²) in [6.45, 7) is -0.102. The molecule has 0 amide bonds. The zero-order valence-electron chi connectivity index (χ0n) is 34.7. The molecule has 8 rings (SSSR count). The Balaban J connectivity index is 1.22. The fourth-order valence-corrected chi connectivity index (χ4v) is 7.50.